The normalized spacial score (nSPS) is 15.6. The van der Waals surface area contributed by atoms with Crippen molar-refractivity contribution in [2.75, 3.05) is 24.6 Å². The minimum absolute atomic E-state index is 0.601. The Hall–Kier alpha value is -1.85. The number of aromatic nitrogens is 4. The van der Waals surface area contributed by atoms with E-state index in [1.165, 1.54) is 12.8 Å². The second kappa shape index (κ2) is 4.44. The summed E-state index contributed by atoms with van der Waals surface area (Å²) < 4.78 is 7.38. The third kappa shape index (κ3) is 1.68. The molecule has 2 aromatic rings. The number of anilines is 1. The zero-order valence-corrected chi connectivity index (χ0v) is 10.8. The molecule has 0 N–H and O–H groups in total. The zero-order valence-electron chi connectivity index (χ0n) is 10.8. The maximum atomic E-state index is 5.50. The van der Waals surface area contributed by atoms with Crippen molar-refractivity contribution in [2.24, 2.45) is 7.05 Å². The monoisotopic (exact) mass is 247 g/mol. The molecule has 6 heteroatoms. The lowest BCUT2D eigenvalue weighted by Crippen LogP contribution is -2.19. The molecule has 2 aromatic heterocycles. The topological polar surface area (TPSA) is 56.1 Å². The van der Waals surface area contributed by atoms with E-state index < -0.39 is 0 Å². The number of rotatable bonds is 3. The molecule has 6 nitrogen and oxygen atoms in total. The van der Waals surface area contributed by atoms with E-state index in [1.807, 2.05) is 18.5 Å². The van der Waals surface area contributed by atoms with Gasteiger partial charge in [-0.15, -0.1) is 0 Å². The number of imidazole rings is 1. The van der Waals surface area contributed by atoms with Crippen LogP contribution in [0.4, 0.5) is 5.82 Å². The van der Waals surface area contributed by atoms with Crippen molar-refractivity contribution >= 4 is 17.0 Å². The van der Waals surface area contributed by atoms with E-state index in [0.29, 0.717) is 12.6 Å². The van der Waals surface area contributed by atoms with Crippen molar-refractivity contribution in [1.82, 2.24) is 19.5 Å². The van der Waals surface area contributed by atoms with Crippen LogP contribution in [-0.4, -0.2) is 39.2 Å². The molecule has 96 valence electrons. The maximum absolute atomic E-state index is 5.50. The first-order valence-corrected chi connectivity index (χ1v) is 6.36. The first-order valence-electron chi connectivity index (χ1n) is 6.36. The van der Waals surface area contributed by atoms with E-state index in [4.69, 9.17) is 4.74 Å². The Kier molecular flexibility index (Phi) is 2.77. The van der Waals surface area contributed by atoms with Crippen LogP contribution in [0.25, 0.3) is 11.2 Å². The fraction of sp³-hybridized carbons (Fsp3) is 0.583. The van der Waals surface area contributed by atoms with Gasteiger partial charge in [0.15, 0.2) is 17.0 Å². The van der Waals surface area contributed by atoms with E-state index in [1.54, 1.807) is 6.33 Å². The highest BCUT2D eigenvalue weighted by Crippen LogP contribution is 2.27. The summed E-state index contributed by atoms with van der Waals surface area (Å²) in [7, 11) is 1.92. The summed E-state index contributed by atoms with van der Waals surface area (Å²) in [5, 5.41) is 0. The van der Waals surface area contributed by atoms with Gasteiger partial charge in [0.25, 0.3) is 6.01 Å². The number of nitrogens with zero attached hydrogens (tertiary/aromatic N) is 5. The molecule has 18 heavy (non-hydrogen) atoms. The predicted octanol–water partition coefficient (Wildman–Crippen LogP) is 1.36. The second-order valence-corrected chi connectivity index (χ2v) is 4.45. The van der Waals surface area contributed by atoms with Gasteiger partial charge in [-0.05, 0) is 19.8 Å². The van der Waals surface area contributed by atoms with Crippen LogP contribution in [0, 0.1) is 0 Å². The van der Waals surface area contributed by atoms with Crippen LogP contribution in [0.2, 0.25) is 0 Å². The third-order valence-corrected chi connectivity index (χ3v) is 3.27. The highest BCUT2D eigenvalue weighted by Gasteiger charge is 2.20. The van der Waals surface area contributed by atoms with E-state index in [2.05, 4.69) is 19.9 Å². The number of hydrogen-bond acceptors (Lipinski definition) is 5. The lowest BCUT2D eigenvalue weighted by molar-refractivity contribution is 0.304. The van der Waals surface area contributed by atoms with E-state index in [-0.39, 0.29) is 0 Å². The SMILES string of the molecule is CCOc1nc2c(N3CCCC3)ncnc2n1C. The highest BCUT2D eigenvalue weighted by molar-refractivity contribution is 5.84. The molecule has 1 fully saturated rings. The average Bonchev–Trinajstić information content (AvgIpc) is 3.00. The van der Waals surface area contributed by atoms with Gasteiger partial charge in [-0.25, -0.2) is 9.97 Å². The summed E-state index contributed by atoms with van der Waals surface area (Å²) >= 11 is 0. The fourth-order valence-electron chi connectivity index (χ4n) is 2.39. The molecule has 1 saturated heterocycles. The molecular weight excluding hydrogens is 230 g/mol. The molecule has 0 atom stereocenters. The molecule has 1 aliphatic heterocycles. The lowest BCUT2D eigenvalue weighted by atomic mass is 10.4. The molecule has 0 saturated carbocycles. The summed E-state index contributed by atoms with van der Waals surface area (Å²) in [5.41, 5.74) is 1.67. The van der Waals surface area contributed by atoms with Crippen LogP contribution < -0.4 is 9.64 Å². The Balaban J connectivity index is 2.12. The zero-order chi connectivity index (χ0) is 12.5. The Labute approximate surface area is 106 Å². The third-order valence-electron chi connectivity index (χ3n) is 3.27. The minimum atomic E-state index is 0.601. The molecule has 0 aliphatic carbocycles. The van der Waals surface area contributed by atoms with Crippen molar-refractivity contribution < 1.29 is 4.74 Å². The van der Waals surface area contributed by atoms with Crippen molar-refractivity contribution in [3.05, 3.63) is 6.33 Å². The summed E-state index contributed by atoms with van der Waals surface area (Å²) in [4.78, 5) is 15.5. The largest absolute Gasteiger partial charge is 0.465 e. The van der Waals surface area contributed by atoms with Gasteiger partial charge in [0, 0.05) is 20.1 Å². The standard InChI is InChI=1S/C12H17N5O/c1-3-18-12-15-9-10(16(12)2)13-8-14-11(9)17-6-4-5-7-17/h8H,3-7H2,1-2H3. The second-order valence-electron chi connectivity index (χ2n) is 4.45. The molecule has 1 aliphatic rings. The van der Waals surface area contributed by atoms with Crippen molar-refractivity contribution in [2.45, 2.75) is 19.8 Å². The molecule has 0 spiro atoms. The molecule has 0 unspecified atom stereocenters. The van der Waals surface area contributed by atoms with Crippen molar-refractivity contribution in [3.8, 4) is 6.01 Å². The number of hydrogen-bond donors (Lipinski definition) is 0. The van der Waals surface area contributed by atoms with E-state index >= 15 is 0 Å². The molecule has 3 rings (SSSR count). The number of fused-ring (bicyclic) bond motifs is 1. The molecule has 3 heterocycles. The van der Waals surface area contributed by atoms with E-state index in [9.17, 15) is 0 Å². The minimum Gasteiger partial charge on any atom is -0.465 e. The van der Waals surface area contributed by atoms with Crippen molar-refractivity contribution in [1.29, 1.82) is 0 Å². The Morgan fingerprint density at radius 2 is 2.06 bits per heavy atom. The van der Waals surface area contributed by atoms with Crippen LogP contribution in [0.15, 0.2) is 6.33 Å². The Morgan fingerprint density at radius 1 is 1.28 bits per heavy atom. The summed E-state index contributed by atoms with van der Waals surface area (Å²) in [6, 6.07) is 0.605. The highest BCUT2D eigenvalue weighted by atomic mass is 16.5. The molecule has 0 radical (unpaired) electrons. The summed E-state index contributed by atoms with van der Waals surface area (Å²) in [6.07, 6.45) is 4.04. The van der Waals surface area contributed by atoms with Crippen LogP contribution in [-0.2, 0) is 7.05 Å². The maximum Gasteiger partial charge on any atom is 0.298 e. The number of aryl methyl sites for hydroxylation is 1. The van der Waals surface area contributed by atoms with Gasteiger partial charge in [-0.1, -0.05) is 0 Å². The Bertz CT molecular complexity index is 559. The Morgan fingerprint density at radius 3 is 2.78 bits per heavy atom. The van der Waals surface area contributed by atoms with Gasteiger partial charge < -0.3 is 9.64 Å². The van der Waals surface area contributed by atoms with Gasteiger partial charge in [-0.3, -0.25) is 4.57 Å². The first kappa shape index (κ1) is 11.3. The predicted molar refractivity (Wildman–Crippen MR) is 68.9 cm³/mol. The fourth-order valence-corrected chi connectivity index (χ4v) is 2.39. The average molecular weight is 247 g/mol. The summed E-state index contributed by atoms with van der Waals surface area (Å²) in [5.74, 6) is 0.930. The summed E-state index contributed by atoms with van der Waals surface area (Å²) in [6.45, 7) is 4.65. The van der Waals surface area contributed by atoms with E-state index in [0.717, 1.165) is 30.1 Å². The van der Waals surface area contributed by atoms with Gasteiger partial charge in [0.1, 0.15) is 6.33 Å². The first-order chi connectivity index (χ1) is 8.81. The molecular formula is C12H17N5O. The molecule has 0 amide bonds. The number of ether oxygens (including phenoxy) is 1. The lowest BCUT2D eigenvalue weighted by Gasteiger charge is -2.15. The van der Waals surface area contributed by atoms with Crippen LogP contribution in [0.3, 0.4) is 0 Å². The molecule has 0 aromatic carbocycles. The quantitative estimate of drug-likeness (QED) is 0.819. The van der Waals surface area contributed by atoms with Crippen molar-refractivity contribution in [3.63, 3.8) is 0 Å². The van der Waals surface area contributed by atoms with Gasteiger partial charge in [-0.2, -0.15) is 4.98 Å². The van der Waals surface area contributed by atoms with Crippen LogP contribution >= 0.6 is 0 Å². The van der Waals surface area contributed by atoms with Gasteiger partial charge in [0.05, 0.1) is 6.61 Å². The van der Waals surface area contributed by atoms with Crippen LogP contribution in [0.5, 0.6) is 6.01 Å². The molecule has 0 bridgehead atoms. The smallest absolute Gasteiger partial charge is 0.298 e. The van der Waals surface area contributed by atoms with Gasteiger partial charge in [0.2, 0.25) is 0 Å². The van der Waals surface area contributed by atoms with Crippen LogP contribution in [0.1, 0.15) is 19.8 Å². The van der Waals surface area contributed by atoms with Gasteiger partial charge >= 0.3 is 0 Å².